The van der Waals surface area contributed by atoms with Crippen LogP contribution in [0.4, 0.5) is 13.2 Å². The maximum Gasteiger partial charge on any atom is 0.416 e. The molecule has 0 saturated carbocycles. The number of carbonyl (C=O) groups is 1. The van der Waals surface area contributed by atoms with E-state index < -0.39 is 34.3 Å². The molecule has 0 atom stereocenters. The van der Waals surface area contributed by atoms with Crippen LogP contribution < -0.4 is 4.72 Å². The summed E-state index contributed by atoms with van der Waals surface area (Å²) in [5, 5.41) is 3.64. The van der Waals surface area contributed by atoms with Crippen LogP contribution in [0.5, 0.6) is 0 Å². The van der Waals surface area contributed by atoms with Crippen molar-refractivity contribution in [2.45, 2.75) is 17.7 Å². The quantitative estimate of drug-likeness (QED) is 0.580. The number of halogens is 3. The Kier molecular flexibility index (Phi) is 5.67. The van der Waals surface area contributed by atoms with Crippen LogP contribution in [0.25, 0.3) is 11.4 Å². The van der Waals surface area contributed by atoms with Gasteiger partial charge in [0.05, 0.1) is 5.56 Å². The van der Waals surface area contributed by atoms with Gasteiger partial charge in [0.2, 0.25) is 15.8 Å². The van der Waals surface area contributed by atoms with E-state index in [2.05, 4.69) is 14.9 Å². The largest absolute Gasteiger partial charge is 0.451 e. The summed E-state index contributed by atoms with van der Waals surface area (Å²) in [6.07, 6.45) is -3.21. The number of aromatic nitrogens is 3. The first-order valence-corrected chi connectivity index (χ1v) is 9.77. The lowest BCUT2D eigenvalue weighted by molar-refractivity contribution is -0.137. The highest BCUT2D eigenvalue weighted by Gasteiger charge is 2.30. The summed E-state index contributed by atoms with van der Waals surface area (Å²) in [5.41, 5.74) is -0.550. The summed E-state index contributed by atoms with van der Waals surface area (Å²) in [6, 6.07) is 5.30. The molecule has 160 valence electrons. The first-order valence-electron chi connectivity index (χ1n) is 8.28. The van der Waals surface area contributed by atoms with Gasteiger partial charge in [0.25, 0.3) is 5.89 Å². The molecule has 0 aliphatic heterocycles. The zero-order valence-corrected chi connectivity index (χ0v) is 16.4. The van der Waals surface area contributed by atoms with Crippen LogP contribution in [0.3, 0.4) is 0 Å². The third-order valence-electron chi connectivity index (χ3n) is 4.03. The molecule has 9 nitrogen and oxygen atoms in total. The number of nitrogens with zero attached hydrogens (tertiary/aromatic N) is 3. The van der Waals surface area contributed by atoms with Crippen molar-refractivity contribution in [1.29, 1.82) is 0 Å². The Bertz CT molecular complexity index is 1170. The summed E-state index contributed by atoms with van der Waals surface area (Å²) in [7, 11) is -1.02. The van der Waals surface area contributed by atoms with Crippen LogP contribution in [0.2, 0.25) is 0 Å². The molecule has 3 rings (SSSR count). The van der Waals surface area contributed by atoms with E-state index in [1.807, 2.05) is 0 Å². The molecule has 0 spiro atoms. The van der Waals surface area contributed by atoms with E-state index in [1.54, 1.807) is 0 Å². The van der Waals surface area contributed by atoms with E-state index in [0.717, 1.165) is 18.2 Å². The Balaban J connectivity index is 1.68. The average molecular weight is 444 g/mol. The smallest absolute Gasteiger partial charge is 0.416 e. The molecule has 13 heteroatoms. The Morgan fingerprint density at radius 2 is 1.93 bits per heavy atom. The molecule has 3 aromatic rings. The number of sulfonamides is 1. The van der Waals surface area contributed by atoms with Gasteiger partial charge in [0.15, 0.2) is 6.61 Å². The van der Waals surface area contributed by atoms with Gasteiger partial charge in [-0.25, -0.2) is 17.9 Å². The number of benzene rings is 1. The van der Waals surface area contributed by atoms with Gasteiger partial charge in [-0.2, -0.15) is 18.2 Å². The molecule has 1 aromatic carbocycles. The highest BCUT2D eigenvalue weighted by Crippen LogP contribution is 2.30. The molecule has 2 aromatic heterocycles. The number of ether oxygens (including phenoxy) is 1. The molecule has 0 unspecified atom stereocenters. The molecule has 2 heterocycles. The van der Waals surface area contributed by atoms with Crippen molar-refractivity contribution in [2.24, 2.45) is 7.05 Å². The molecular formula is C17H15F3N4O5S. The van der Waals surface area contributed by atoms with Crippen molar-refractivity contribution in [2.75, 3.05) is 7.05 Å². The molecule has 1 N–H and O–H groups in total. The monoisotopic (exact) mass is 444 g/mol. The minimum atomic E-state index is -4.46. The molecular weight excluding hydrogens is 429 g/mol. The number of aryl methyl sites for hydroxylation is 1. The Morgan fingerprint density at radius 3 is 2.53 bits per heavy atom. The van der Waals surface area contributed by atoms with Gasteiger partial charge in [-0.15, -0.1) is 0 Å². The number of alkyl halides is 3. The maximum absolute atomic E-state index is 12.6. The lowest BCUT2D eigenvalue weighted by Gasteiger charge is -2.05. The Hall–Kier alpha value is -3.19. The van der Waals surface area contributed by atoms with Crippen LogP contribution >= 0.6 is 0 Å². The lowest BCUT2D eigenvalue weighted by atomic mass is 10.1. The van der Waals surface area contributed by atoms with Gasteiger partial charge >= 0.3 is 12.1 Å². The van der Waals surface area contributed by atoms with E-state index in [1.165, 1.54) is 37.0 Å². The molecule has 0 radical (unpaired) electrons. The third-order valence-corrected chi connectivity index (χ3v) is 5.41. The number of carbonyl (C=O) groups excluding carboxylic acids is 1. The van der Waals surface area contributed by atoms with Gasteiger partial charge < -0.3 is 13.8 Å². The number of esters is 1. The summed E-state index contributed by atoms with van der Waals surface area (Å²) in [4.78, 5) is 16.1. The molecule has 30 heavy (non-hydrogen) atoms. The Morgan fingerprint density at radius 1 is 1.27 bits per heavy atom. The van der Waals surface area contributed by atoms with E-state index >= 15 is 0 Å². The molecule has 0 aliphatic rings. The minimum absolute atomic E-state index is 0.0219. The van der Waals surface area contributed by atoms with Crippen LogP contribution in [0, 0.1) is 0 Å². The van der Waals surface area contributed by atoms with Crippen molar-refractivity contribution >= 4 is 16.0 Å². The maximum atomic E-state index is 12.6. The van der Waals surface area contributed by atoms with Gasteiger partial charge in [-0.3, -0.25) is 0 Å². The Labute approximate surface area is 168 Å². The van der Waals surface area contributed by atoms with Crippen molar-refractivity contribution in [3.8, 4) is 11.4 Å². The normalized spacial score (nSPS) is 12.2. The van der Waals surface area contributed by atoms with E-state index in [9.17, 15) is 26.4 Å². The van der Waals surface area contributed by atoms with Crippen molar-refractivity contribution in [3.63, 3.8) is 0 Å². The van der Waals surface area contributed by atoms with Crippen molar-refractivity contribution in [3.05, 3.63) is 53.7 Å². The van der Waals surface area contributed by atoms with Crippen LogP contribution in [0.15, 0.2) is 45.9 Å². The van der Waals surface area contributed by atoms with Gasteiger partial charge in [0.1, 0.15) is 10.6 Å². The van der Waals surface area contributed by atoms with E-state index in [-0.39, 0.29) is 27.9 Å². The van der Waals surface area contributed by atoms with Gasteiger partial charge in [-0.05, 0) is 25.2 Å². The second-order valence-electron chi connectivity index (χ2n) is 6.04. The number of hydrogen-bond donors (Lipinski definition) is 1. The highest BCUT2D eigenvalue weighted by molar-refractivity contribution is 7.89. The average Bonchev–Trinajstić information content (AvgIpc) is 3.33. The number of nitrogens with one attached hydrogen (secondary N) is 1. The van der Waals surface area contributed by atoms with Crippen molar-refractivity contribution < 1.29 is 35.6 Å². The van der Waals surface area contributed by atoms with Gasteiger partial charge in [0, 0.05) is 18.8 Å². The second-order valence-corrected chi connectivity index (χ2v) is 7.93. The third kappa shape index (κ3) is 4.52. The molecule has 0 saturated heterocycles. The standard InChI is InChI=1S/C17H15F3N4O5S/c1-21-30(26,27)12-7-13(24(2)8-12)16(25)28-9-14-22-15(23-29-14)10-3-5-11(6-4-10)17(18,19)20/h3-8,21H,9H2,1-2H3. The lowest BCUT2D eigenvalue weighted by Crippen LogP contribution is -2.17. The fraction of sp³-hybridized carbons (Fsp3) is 0.235. The van der Waals surface area contributed by atoms with Crippen LogP contribution in [-0.4, -0.2) is 36.1 Å². The molecule has 0 fully saturated rings. The van der Waals surface area contributed by atoms with Crippen molar-refractivity contribution in [1.82, 2.24) is 19.4 Å². The second kappa shape index (κ2) is 7.91. The summed E-state index contributed by atoms with van der Waals surface area (Å²) in [6.45, 7) is -0.411. The summed E-state index contributed by atoms with van der Waals surface area (Å²) >= 11 is 0. The van der Waals surface area contributed by atoms with Gasteiger partial charge in [-0.1, -0.05) is 17.3 Å². The van der Waals surface area contributed by atoms with Crippen LogP contribution in [0.1, 0.15) is 21.9 Å². The predicted molar refractivity (Wildman–Crippen MR) is 95.5 cm³/mol. The minimum Gasteiger partial charge on any atom is -0.451 e. The number of hydrogen-bond acceptors (Lipinski definition) is 7. The number of rotatable bonds is 6. The molecule has 0 aliphatic carbocycles. The van der Waals surface area contributed by atoms with Crippen LogP contribution in [-0.2, 0) is 34.6 Å². The fourth-order valence-corrected chi connectivity index (χ4v) is 3.24. The van der Waals surface area contributed by atoms with E-state index in [0.29, 0.717) is 0 Å². The highest BCUT2D eigenvalue weighted by atomic mass is 32.2. The predicted octanol–water partition coefficient (Wildman–Crippen LogP) is 2.36. The van der Waals surface area contributed by atoms with E-state index in [4.69, 9.17) is 9.26 Å². The topological polar surface area (TPSA) is 116 Å². The summed E-state index contributed by atoms with van der Waals surface area (Å²) in [5.74, 6) is -0.893. The molecule has 0 bridgehead atoms. The first-order chi connectivity index (χ1) is 14.0. The zero-order chi connectivity index (χ0) is 22.1. The fourth-order valence-electron chi connectivity index (χ4n) is 2.44. The SMILES string of the molecule is CNS(=O)(=O)c1cc(C(=O)OCc2nc(-c3ccc(C(F)(F)F)cc3)no2)n(C)c1. The summed E-state index contributed by atoms with van der Waals surface area (Å²) < 4.78 is 74.9. The molecule has 0 amide bonds. The first kappa shape index (κ1) is 21.5. The zero-order valence-electron chi connectivity index (χ0n) is 15.6.